The van der Waals surface area contributed by atoms with Crippen LogP contribution in [-0.2, 0) is 0 Å². The van der Waals surface area contributed by atoms with Crippen molar-refractivity contribution in [1.29, 1.82) is 0 Å². The smallest absolute Gasteiger partial charge is 0.0390 e. The van der Waals surface area contributed by atoms with Gasteiger partial charge < -0.3 is 5.32 Å². The molecule has 3 aromatic carbocycles. The Kier molecular flexibility index (Phi) is 4.25. The lowest BCUT2D eigenvalue weighted by molar-refractivity contribution is 1.33. The van der Waals surface area contributed by atoms with Crippen LogP contribution in [0.3, 0.4) is 0 Å². The average molecular weight is 322 g/mol. The zero-order valence-corrected chi connectivity index (χ0v) is 13.8. The number of para-hydroxylation sites is 1. The molecule has 25 heavy (non-hydrogen) atoms. The Bertz CT molecular complexity index is 963. The van der Waals surface area contributed by atoms with Crippen molar-refractivity contribution in [3.8, 4) is 22.3 Å². The summed E-state index contributed by atoms with van der Waals surface area (Å²) < 4.78 is 0. The molecule has 1 aromatic heterocycles. The van der Waals surface area contributed by atoms with E-state index in [1.54, 1.807) is 6.20 Å². The van der Waals surface area contributed by atoms with Gasteiger partial charge >= 0.3 is 0 Å². The maximum absolute atomic E-state index is 4.21. The van der Waals surface area contributed by atoms with Crippen LogP contribution in [0.2, 0.25) is 0 Å². The van der Waals surface area contributed by atoms with Crippen molar-refractivity contribution in [3.63, 3.8) is 0 Å². The zero-order valence-electron chi connectivity index (χ0n) is 13.8. The normalized spacial score (nSPS) is 10.4. The second-order valence-corrected chi connectivity index (χ2v) is 5.89. The summed E-state index contributed by atoms with van der Waals surface area (Å²) >= 11 is 0. The van der Waals surface area contributed by atoms with Gasteiger partial charge in [-0.15, -0.1) is 0 Å². The van der Waals surface area contributed by atoms with Gasteiger partial charge in [0.25, 0.3) is 0 Å². The first-order chi connectivity index (χ1) is 12.4. The van der Waals surface area contributed by atoms with Crippen molar-refractivity contribution in [1.82, 2.24) is 4.98 Å². The van der Waals surface area contributed by atoms with Crippen molar-refractivity contribution in [2.75, 3.05) is 5.32 Å². The van der Waals surface area contributed by atoms with E-state index >= 15 is 0 Å². The molecule has 0 aliphatic heterocycles. The lowest BCUT2D eigenvalue weighted by atomic mass is 9.99. The van der Waals surface area contributed by atoms with Crippen LogP contribution in [0.15, 0.2) is 103 Å². The van der Waals surface area contributed by atoms with Crippen LogP contribution in [0.25, 0.3) is 22.3 Å². The predicted octanol–water partition coefficient (Wildman–Crippen LogP) is 6.16. The van der Waals surface area contributed by atoms with E-state index < -0.39 is 0 Å². The second kappa shape index (κ2) is 7.02. The number of nitrogens with one attached hydrogen (secondary N) is 1. The number of hydrogen-bond donors (Lipinski definition) is 1. The minimum Gasteiger partial charge on any atom is -0.356 e. The molecule has 0 radical (unpaired) electrons. The van der Waals surface area contributed by atoms with Crippen LogP contribution in [0.5, 0.6) is 0 Å². The minimum atomic E-state index is 1.08. The fourth-order valence-electron chi connectivity index (χ4n) is 2.88. The Morgan fingerprint density at radius 3 is 1.92 bits per heavy atom. The molecule has 2 nitrogen and oxygen atoms in total. The molecule has 0 fully saturated rings. The highest BCUT2D eigenvalue weighted by Gasteiger charge is 2.03. The standard InChI is InChI=1S/C23H18N2/c1-2-11-22(12-3-1)25-23-13-5-9-20(16-23)18-7-4-8-19(15-18)21-10-6-14-24-17-21/h1-17,25H. The van der Waals surface area contributed by atoms with Crippen molar-refractivity contribution in [3.05, 3.63) is 103 Å². The number of nitrogens with zero attached hydrogens (tertiary/aromatic N) is 1. The first-order valence-electron chi connectivity index (χ1n) is 8.31. The van der Waals surface area contributed by atoms with Crippen LogP contribution in [0.1, 0.15) is 0 Å². The molecule has 1 heterocycles. The molecule has 4 aromatic rings. The van der Waals surface area contributed by atoms with E-state index in [4.69, 9.17) is 0 Å². The third-order valence-corrected chi connectivity index (χ3v) is 4.12. The van der Waals surface area contributed by atoms with Gasteiger partial charge in [0.15, 0.2) is 0 Å². The minimum absolute atomic E-state index is 1.08. The Morgan fingerprint density at radius 2 is 1.16 bits per heavy atom. The van der Waals surface area contributed by atoms with Crippen molar-refractivity contribution in [2.45, 2.75) is 0 Å². The van der Waals surface area contributed by atoms with Gasteiger partial charge in [-0.05, 0) is 53.1 Å². The van der Waals surface area contributed by atoms with Gasteiger partial charge in [0.2, 0.25) is 0 Å². The van der Waals surface area contributed by atoms with E-state index in [0.717, 1.165) is 16.9 Å². The van der Waals surface area contributed by atoms with Crippen molar-refractivity contribution >= 4 is 11.4 Å². The molecule has 0 atom stereocenters. The van der Waals surface area contributed by atoms with Crippen LogP contribution < -0.4 is 5.32 Å². The van der Waals surface area contributed by atoms with Gasteiger partial charge in [-0.1, -0.05) is 54.6 Å². The monoisotopic (exact) mass is 322 g/mol. The molecule has 0 spiro atoms. The first-order valence-corrected chi connectivity index (χ1v) is 8.31. The Morgan fingerprint density at radius 1 is 0.520 bits per heavy atom. The highest BCUT2D eigenvalue weighted by molar-refractivity contribution is 5.75. The summed E-state index contributed by atoms with van der Waals surface area (Å²) in [6.45, 7) is 0. The molecule has 0 saturated carbocycles. The second-order valence-electron chi connectivity index (χ2n) is 5.89. The summed E-state index contributed by atoms with van der Waals surface area (Å²) in [6, 6.07) is 31.3. The predicted molar refractivity (Wildman–Crippen MR) is 105 cm³/mol. The maximum atomic E-state index is 4.21. The Hall–Kier alpha value is -3.39. The third kappa shape index (κ3) is 3.59. The van der Waals surface area contributed by atoms with Gasteiger partial charge in [-0.2, -0.15) is 0 Å². The summed E-state index contributed by atoms with van der Waals surface area (Å²) in [5.74, 6) is 0. The molecule has 0 amide bonds. The lowest BCUT2D eigenvalue weighted by Crippen LogP contribution is -1.90. The number of hydrogen-bond acceptors (Lipinski definition) is 2. The highest BCUT2D eigenvalue weighted by Crippen LogP contribution is 2.28. The van der Waals surface area contributed by atoms with Crippen LogP contribution in [0, 0.1) is 0 Å². The average Bonchev–Trinajstić information content (AvgIpc) is 2.70. The maximum Gasteiger partial charge on any atom is 0.0390 e. The fraction of sp³-hybridized carbons (Fsp3) is 0. The van der Waals surface area contributed by atoms with Gasteiger partial charge in [0, 0.05) is 29.3 Å². The molecular formula is C23H18N2. The van der Waals surface area contributed by atoms with E-state index in [0.29, 0.717) is 0 Å². The van der Waals surface area contributed by atoms with Crippen molar-refractivity contribution in [2.24, 2.45) is 0 Å². The highest BCUT2D eigenvalue weighted by atomic mass is 14.9. The quantitative estimate of drug-likeness (QED) is 0.487. The lowest BCUT2D eigenvalue weighted by Gasteiger charge is -2.10. The molecule has 0 aliphatic carbocycles. The van der Waals surface area contributed by atoms with Gasteiger partial charge in [-0.25, -0.2) is 0 Å². The summed E-state index contributed by atoms with van der Waals surface area (Å²) in [4.78, 5) is 4.21. The molecule has 4 rings (SSSR count). The number of benzene rings is 3. The molecule has 0 aliphatic rings. The van der Waals surface area contributed by atoms with Gasteiger partial charge in [0.1, 0.15) is 0 Å². The van der Waals surface area contributed by atoms with E-state index in [2.05, 4.69) is 77.0 Å². The Labute approximate surface area is 147 Å². The Balaban J connectivity index is 1.65. The molecule has 0 bridgehead atoms. The topological polar surface area (TPSA) is 24.9 Å². The zero-order chi connectivity index (χ0) is 16.9. The largest absolute Gasteiger partial charge is 0.356 e. The summed E-state index contributed by atoms with van der Waals surface area (Å²) in [5, 5.41) is 3.45. The molecule has 2 heteroatoms. The number of pyridine rings is 1. The molecule has 0 unspecified atom stereocenters. The molecule has 120 valence electrons. The van der Waals surface area contributed by atoms with E-state index in [-0.39, 0.29) is 0 Å². The summed E-state index contributed by atoms with van der Waals surface area (Å²) in [7, 11) is 0. The fourth-order valence-corrected chi connectivity index (χ4v) is 2.88. The van der Waals surface area contributed by atoms with Gasteiger partial charge in [0.05, 0.1) is 0 Å². The molecular weight excluding hydrogens is 304 g/mol. The van der Waals surface area contributed by atoms with Crippen LogP contribution >= 0.6 is 0 Å². The SMILES string of the molecule is c1ccc(Nc2cccc(-c3cccc(-c4cccnc4)c3)c2)cc1. The number of anilines is 2. The van der Waals surface area contributed by atoms with Gasteiger partial charge in [-0.3, -0.25) is 4.98 Å². The number of aromatic nitrogens is 1. The number of rotatable bonds is 4. The summed E-state index contributed by atoms with van der Waals surface area (Å²) in [5.41, 5.74) is 6.85. The molecule has 1 N–H and O–H groups in total. The van der Waals surface area contributed by atoms with Crippen LogP contribution in [0.4, 0.5) is 11.4 Å². The van der Waals surface area contributed by atoms with E-state index in [9.17, 15) is 0 Å². The van der Waals surface area contributed by atoms with Crippen molar-refractivity contribution < 1.29 is 0 Å². The first kappa shape index (κ1) is 15.2. The van der Waals surface area contributed by atoms with E-state index in [1.807, 2.05) is 30.5 Å². The van der Waals surface area contributed by atoms with E-state index in [1.165, 1.54) is 16.7 Å². The van der Waals surface area contributed by atoms with Crippen LogP contribution in [-0.4, -0.2) is 4.98 Å². The summed E-state index contributed by atoms with van der Waals surface area (Å²) in [6.07, 6.45) is 3.69. The molecule has 0 saturated heterocycles. The third-order valence-electron chi connectivity index (χ3n) is 4.12.